The average Bonchev–Trinajstić information content (AvgIpc) is 2.45. The topological polar surface area (TPSA) is 0 Å². The molecule has 1 fully saturated rings. The summed E-state index contributed by atoms with van der Waals surface area (Å²) in [7, 11) is 0. The summed E-state index contributed by atoms with van der Waals surface area (Å²) in [5, 5.41) is 0. The zero-order valence-corrected chi connectivity index (χ0v) is 7.20. The van der Waals surface area contributed by atoms with Gasteiger partial charge in [-0.05, 0) is 24.7 Å². The monoisotopic (exact) mass is 136 g/mol. The van der Waals surface area contributed by atoms with Gasteiger partial charge in [-0.25, -0.2) is 0 Å². The Balaban J connectivity index is 2.48. The molecule has 10 heavy (non-hydrogen) atoms. The number of hydrogen-bond donors (Lipinski definition) is 0. The second kappa shape index (κ2) is 2.02. The molecule has 0 atom stereocenters. The highest BCUT2D eigenvalue weighted by atomic mass is 14.5. The van der Waals surface area contributed by atoms with E-state index in [1.165, 1.54) is 19.3 Å². The van der Waals surface area contributed by atoms with Crippen LogP contribution in [0.15, 0.2) is 0 Å². The number of hydrogen-bond acceptors (Lipinski definition) is 0. The van der Waals surface area contributed by atoms with Gasteiger partial charge >= 0.3 is 0 Å². The Hall–Kier alpha value is -0.440. The van der Waals surface area contributed by atoms with Gasteiger partial charge < -0.3 is 0 Å². The van der Waals surface area contributed by atoms with Crippen molar-refractivity contribution in [2.45, 2.75) is 40.0 Å². The van der Waals surface area contributed by atoms with E-state index in [1.807, 2.05) is 0 Å². The zero-order valence-electron chi connectivity index (χ0n) is 7.20. The molecule has 0 heterocycles. The normalized spacial score (nSPS) is 21.8. The van der Waals surface area contributed by atoms with Crippen LogP contribution in [-0.2, 0) is 0 Å². The second-order valence-corrected chi connectivity index (χ2v) is 4.66. The van der Waals surface area contributed by atoms with Crippen LogP contribution in [0.2, 0.25) is 0 Å². The van der Waals surface area contributed by atoms with Crippen molar-refractivity contribution in [3.05, 3.63) is 0 Å². The Labute approximate surface area is 64.0 Å². The minimum Gasteiger partial charge on any atom is -0.120 e. The van der Waals surface area contributed by atoms with Gasteiger partial charge in [0.2, 0.25) is 0 Å². The molecule has 0 bridgehead atoms. The minimum absolute atomic E-state index is 0.304. The predicted molar refractivity (Wildman–Crippen MR) is 44.6 cm³/mol. The lowest BCUT2D eigenvalue weighted by atomic mass is 9.83. The maximum Gasteiger partial charge on any atom is 0.0318 e. The van der Waals surface area contributed by atoms with Crippen molar-refractivity contribution < 1.29 is 0 Å². The molecule has 0 saturated heterocycles. The Kier molecular flexibility index (Phi) is 1.55. The molecule has 0 unspecified atom stereocenters. The highest BCUT2D eigenvalue weighted by Crippen LogP contribution is 2.52. The SMILES string of the molecule is C#CC1(CC(C)(C)C)CC1. The Morgan fingerprint density at radius 2 is 1.90 bits per heavy atom. The molecule has 0 heteroatoms. The summed E-state index contributed by atoms with van der Waals surface area (Å²) in [6.45, 7) is 6.76. The number of rotatable bonds is 1. The Morgan fingerprint density at radius 3 is 2.00 bits per heavy atom. The van der Waals surface area contributed by atoms with E-state index < -0.39 is 0 Å². The van der Waals surface area contributed by atoms with Gasteiger partial charge in [0.1, 0.15) is 0 Å². The lowest BCUT2D eigenvalue weighted by Gasteiger charge is -2.21. The second-order valence-electron chi connectivity index (χ2n) is 4.66. The molecule has 0 aromatic rings. The summed E-state index contributed by atoms with van der Waals surface area (Å²) in [6.07, 6.45) is 9.12. The first-order valence-corrected chi connectivity index (χ1v) is 3.95. The third-order valence-corrected chi connectivity index (χ3v) is 2.03. The molecule has 1 saturated carbocycles. The van der Waals surface area contributed by atoms with Crippen LogP contribution >= 0.6 is 0 Å². The van der Waals surface area contributed by atoms with E-state index in [0.29, 0.717) is 10.8 Å². The van der Waals surface area contributed by atoms with Gasteiger partial charge in [0.25, 0.3) is 0 Å². The van der Waals surface area contributed by atoms with Crippen molar-refractivity contribution in [2.24, 2.45) is 10.8 Å². The Morgan fingerprint density at radius 1 is 1.40 bits per heavy atom. The quantitative estimate of drug-likeness (QED) is 0.486. The fraction of sp³-hybridized carbons (Fsp3) is 0.800. The highest BCUT2D eigenvalue weighted by molar-refractivity contribution is 5.15. The van der Waals surface area contributed by atoms with Crippen LogP contribution in [0, 0.1) is 23.2 Å². The highest BCUT2D eigenvalue weighted by Gasteiger charge is 2.43. The first-order chi connectivity index (χ1) is 4.47. The van der Waals surface area contributed by atoms with Crippen molar-refractivity contribution in [2.75, 3.05) is 0 Å². The molecule has 0 nitrogen and oxygen atoms in total. The van der Waals surface area contributed by atoms with Crippen molar-refractivity contribution in [1.29, 1.82) is 0 Å². The molecule has 0 aromatic heterocycles. The standard InChI is InChI=1S/C10H16/c1-5-10(6-7-10)8-9(2,3)4/h1H,6-8H2,2-4H3. The molecule has 1 aliphatic rings. The van der Waals surface area contributed by atoms with E-state index in [1.54, 1.807) is 0 Å². The molecular weight excluding hydrogens is 120 g/mol. The maximum absolute atomic E-state index is 5.43. The van der Waals surface area contributed by atoms with Crippen molar-refractivity contribution in [3.63, 3.8) is 0 Å². The molecular formula is C10H16. The third-order valence-electron chi connectivity index (χ3n) is 2.03. The first kappa shape index (κ1) is 7.66. The zero-order chi connectivity index (χ0) is 7.83. The van der Waals surface area contributed by atoms with Gasteiger partial charge in [-0.3, -0.25) is 0 Å². The van der Waals surface area contributed by atoms with E-state index in [2.05, 4.69) is 26.7 Å². The van der Waals surface area contributed by atoms with Crippen molar-refractivity contribution >= 4 is 0 Å². The molecule has 0 radical (unpaired) electrons. The molecule has 0 amide bonds. The molecule has 1 rings (SSSR count). The molecule has 0 N–H and O–H groups in total. The van der Waals surface area contributed by atoms with Crippen LogP contribution in [-0.4, -0.2) is 0 Å². The summed E-state index contributed by atoms with van der Waals surface area (Å²) in [4.78, 5) is 0. The first-order valence-electron chi connectivity index (χ1n) is 3.95. The summed E-state index contributed by atoms with van der Waals surface area (Å²) in [6, 6.07) is 0. The summed E-state index contributed by atoms with van der Waals surface area (Å²) in [5.74, 6) is 2.91. The average molecular weight is 136 g/mol. The summed E-state index contributed by atoms with van der Waals surface area (Å²) in [5.41, 5.74) is 0.709. The maximum atomic E-state index is 5.43. The van der Waals surface area contributed by atoms with E-state index in [0.717, 1.165) is 0 Å². The van der Waals surface area contributed by atoms with Crippen molar-refractivity contribution in [1.82, 2.24) is 0 Å². The van der Waals surface area contributed by atoms with Gasteiger partial charge in [0.15, 0.2) is 0 Å². The van der Waals surface area contributed by atoms with Crippen molar-refractivity contribution in [3.8, 4) is 12.3 Å². The van der Waals surface area contributed by atoms with E-state index in [9.17, 15) is 0 Å². The van der Waals surface area contributed by atoms with Gasteiger partial charge in [-0.1, -0.05) is 26.7 Å². The smallest absolute Gasteiger partial charge is 0.0318 e. The van der Waals surface area contributed by atoms with Gasteiger partial charge in [-0.15, -0.1) is 6.42 Å². The van der Waals surface area contributed by atoms with Gasteiger partial charge in [0, 0.05) is 5.41 Å². The van der Waals surface area contributed by atoms with Crippen LogP contribution in [0.1, 0.15) is 40.0 Å². The van der Waals surface area contributed by atoms with Crippen LogP contribution in [0.4, 0.5) is 0 Å². The van der Waals surface area contributed by atoms with Crippen LogP contribution in [0.5, 0.6) is 0 Å². The molecule has 0 aliphatic heterocycles. The predicted octanol–water partition coefficient (Wildman–Crippen LogP) is 2.84. The van der Waals surface area contributed by atoms with E-state index in [-0.39, 0.29) is 0 Å². The van der Waals surface area contributed by atoms with Gasteiger partial charge in [-0.2, -0.15) is 0 Å². The van der Waals surface area contributed by atoms with E-state index in [4.69, 9.17) is 6.42 Å². The molecule has 0 aromatic carbocycles. The van der Waals surface area contributed by atoms with E-state index >= 15 is 0 Å². The van der Waals surface area contributed by atoms with Gasteiger partial charge in [0.05, 0.1) is 0 Å². The summed E-state index contributed by atoms with van der Waals surface area (Å²) < 4.78 is 0. The summed E-state index contributed by atoms with van der Waals surface area (Å²) >= 11 is 0. The fourth-order valence-corrected chi connectivity index (χ4v) is 1.54. The van der Waals surface area contributed by atoms with Crippen LogP contribution in [0.3, 0.4) is 0 Å². The number of terminal acetylenes is 1. The molecule has 0 spiro atoms. The molecule has 1 aliphatic carbocycles. The minimum atomic E-state index is 0.304. The lowest BCUT2D eigenvalue weighted by Crippen LogP contribution is -2.12. The lowest BCUT2D eigenvalue weighted by molar-refractivity contribution is 0.320. The van der Waals surface area contributed by atoms with Crippen LogP contribution in [0.25, 0.3) is 0 Å². The fourth-order valence-electron chi connectivity index (χ4n) is 1.54. The van der Waals surface area contributed by atoms with Crippen LogP contribution < -0.4 is 0 Å². The molecule has 56 valence electrons. The Bertz CT molecular complexity index is 159. The third kappa shape index (κ3) is 1.77. The largest absolute Gasteiger partial charge is 0.120 e.